The Hall–Kier alpha value is -3.94. The van der Waals surface area contributed by atoms with E-state index < -0.39 is 40.4 Å². The summed E-state index contributed by atoms with van der Waals surface area (Å²) in [6, 6.07) is 21.4. The molecule has 0 radical (unpaired) electrons. The van der Waals surface area contributed by atoms with Crippen molar-refractivity contribution in [3.8, 4) is 11.5 Å². The van der Waals surface area contributed by atoms with E-state index in [4.69, 9.17) is 33.0 Å². The van der Waals surface area contributed by atoms with Crippen LogP contribution >= 0.6 is 39.1 Å². The van der Waals surface area contributed by atoms with Crippen molar-refractivity contribution in [1.29, 1.82) is 0 Å². The van der Waals surface area contributed by atoms with Crippen LogP contribution in [0.1, 0.15) is 33.2 Å². The number of alkyl halides is 7. The highest BCUT2D eigenvalue weighted by Gasteiger charge is 2.32. The molecule has 0 saturated heterocycles. The Balaban J connectivity index is 0.000000270. The van der Waals surface area contributed by atoms with E-state index in [-0.39, 0.29) is 17.5 Å². The lowest BCUT2D eigenvalue weighted by molar-refractivity contribution is -0.149. The molecule has 0 aliphatic heterocycles. The molecule has 0 amide bonds. The molecule has 15 heteroatoms. The molecule has 0 aromatic heterocycles. The number of esters is 2. The first-order chi connectivity index (χ1) is 22.0. The van der Waals surface area contributed by atoms with E-state index in [0.717, 1.165) is 29.8 Å². The third-order valence-corrected chi connectivity index (χ3v) is 7.15. The first kappa shape index (κ1) is 39.2. The van der Waals surface area contributed by atoms with Crippen LogP contribution in [0.5, 0.6) is 11.5 Å². The van der Waals surface area contributed by atoms with Gasteiger partial charge in [0, 0.05) is 15.6 Å². The highest BCUT2D eigenvalue weighted by molar-refractivity contribution is 9.09. The van der Waals surface area contributed by atoms with Crippen molar-refractivity contribution < 1.29 is 55.2 Å². The highest BCUT2D eigenvalue weighted by Crippen LogP contribution is 2.33. The minimum absolute atomic E-state index is 0.0924. The van der Waals surface area contributed by atoms with Gasteiger partial charge < -0.3 is 19.3 Å². The number of halogens is 9. The molecule has 0 aliphatic rings. The highest BCUT2D eigenvalue weighted by atomic mass is 79.9. The minimum atomic E-state index is -4.50. The predicted molar refractivity (Wildman–Crippen MR) is 167 cm³/mol. The Labute approximate surface area is 283 Å². The lowest BCUT2D eigenvalue weighted by Gasteiger charge is -2.18. The summed E-state index contributed by atoms with van der Waals surface area (Å²) >= 11 is 14.7. The van der Waals surface area contributed by atoms with E-state index in [1.54, 1.807) is 36.4 Å². The summed E-state index contributed by atoms with van der Waals surface area (Å²) in [7, 11) is 2.52. The zero-order chi connectivity index (χ0) is 35.4. The summed E-state index contributed by atoms with van der Waals surface area (Å²) in [5.74, 6) is -1.52. The van der Waals surface area contributed by atoms with Gasteiger partial charge in [-0.25, -0.2) is 4.79 Å². The molecule has 6 nitrogen and oxygen atoms in total. The van der Waals surface area contributed by atoms with Gasteiger partial charge in [-0.05, 0) is 66.2 Å². The molecule has 0 spiro atoms. The largest absolute Gasteiger partial charge is 0.508 e. The fourth-order valence-electron chi connectivity index (χ4n) is 3.43. The van der Waals surface area contributed by atoms with Crippen LogP contribution in [0.25, 0.3) is 0 Å². The summed E-state index contributed by atoms with van der Waals surface area (Å²) in [5.41, 5.74) is -0.456. The van der Waals surface area contributed by atoms with E-state index >= 15 is 0 Å². The van der Waals surface area contributed by atoms with Crippen LogP contribution < -0.4 is 4.74 Å². The zero-order valence-corrected chi connectivity index (χ0v) is 27.4. The van der Waals surface area contributed by atoms with E-state index in [1.165, 1.54) is 44.6 Å². The first-order valence-electron chi connectivity index (χ1n) is 13.0. The molecule has 0 fully saturated rings. The van der Waals surface area contributed by atoms with E-state index in [9.17, 15) is 35.9 Å². The quantitative estimate of drug-likeness (QED) is 0.120. The molecule has 4 rings (SSSR count). The number of phenols is 1. The summed E-state index contributed by atoms with van der Waals surface area (Å²) in [6.45, 7) is 0. The van der Waals surface area contributed by atoms with Gasteiger partial charge in [0.25, 0.3) is 0 Å². The third-order valence-electron chi connectivity index (χ3n) is 5.75. The van der Waals surface area contributed by atoms with Crippen molar-refractivity contribution in [3.63, 3.8) is 0 Å². The molecule has 0 bridgehead atoms. The van der Waals surface area contributed by atoms with E-state index in [2.05, 4.69) is 25.4 Å². The van der Waals surface area contributed by atoms with Crippen LogP contribution in [0.15, 0.2) is 97.1 Å². The van der Waals surface area contributed by atoms with Crippen molar-refractivity contribution in [2.24, 2.45) is 0 Å². The van der Waals surface area contributed by atoms with Gasteiger partial charge in [-0.15, -0.1) is 0 Å². The number of ether oxygens (including phenoxy) is 3. The second-order valence-corrected chi connectivity index (χ2v) is 10.9. The number of carbonyl (C=O) groups is 2. The normalized spacial score (nSPS) is 12.2. The molecule has 1 N–H and O–H groups in total. The van der Waals surface area contributed by atoms with Gasteiger partial charge in [-0.3, -0.25) is 4.79 Å². The molecular weight excluding hydrogens is 745 g/mol. The molecular formula is C32H25BrCl2F6O6. The van der Waals surface area contributed by atoms with Crippen LogP contribution in [0.4, 0.5) is 26.3 Å². The van der Waals surface area contributed by atoms with Crippen LogP contribution in [0.3, 0.4) is 0 Å². The van der Waals surface area contributed by atoms with Gasteiger partial charge in [-0.1, -0.05) is 75.5 Å². The smallest absolute Gasteiger partial charge is 0.416 e. The Bertz CT molecular complexity index is 1600. The number of methoxy groups -OCH3 is 2. The molecule has 2 unspecified atom stereocenters. The number of hydrogen-bond acceptors (Lipinski definition) is 6. The minimum Gasteiger partial charge on any atom is -0.508 e. The lowest BCUT2D eigenvalue weighted by Crippen LogP contribution is -2.20. The SMILES string of the molecule is COC(=O)C(Br)c1ccc(Cl)cc1.COC(=O)C(Oc1cccc(C(F)(F)F)c1)c1ccc(Cl)cc1.Oc1cccc(C(F)(F)F)c1. The van der Waals surface area contributed by atoms with Crippen LogP contribution in [-0.4, -0.2) is 31.3 Å². The molecule has 0 heterocycles. The average molecular weight is 770 g/mol. The Kier molecular flexibility index (Phi) is 14.9. The first-order valence-corrected chi connectivity index (χ1v) is 14.6. The number of phenolic OH excluding ortho intramolecular Hbond substituents is 1. The topological polar surface area (TPSA) is 82.1 Å². The molecule has 4 aromatic carbocycles. The summed E-state index contributed by atoms with van der Waals surface area (Å²) in [6.07, 6.45) is -10.1. The van der Waals surface area contributed by atoms with E-state index in [0.29, 0.717) is 21.7 Å². The summed E-state index contributed by atoms with van der Waals surface area (Å²) < 4.78 is 88.4. The van der Waals surface area contributed by atoms with Gasteiger partial charge in [0.2, 0.25) is 6.10 Å². The number of aromatic hydroxyl groups is 1. The maximum atomic E-state index is 12.7. The summed E-state index contributed by atoms with van der Waals surface area (Å²) in [5, 5.41) is 9.78. The second-order valence-electron chi connectivity index (χ2n) is 9.08. The van der Waals surface area contributed by atoms with Crippen molar-refractivity contribution in [3.05, 3.63) is 129 Å². The van der Waals surface area contributed by atoms with Gasteiger partial charge in [-0.2, -0.15) is 26.3 Å². The lowest BCUT2D eigenvalue weighted by atomic mass is 10.1. The fourth-order valence-corrected chi connectivity index (χ4v) is 4.18. The standard InChI is InChI=1S/C16H12ClF3O3.C9H8BrClO2.C7H5F3O/c1-22-15(21)14(10-5-7-12(17)8-6-10)23-13-4-2-3-11(9-13)16(18,19)20;1-13-9(12)8(10)6-2-4-7(11)5-3-6;8-7(9,10)5-2-1-3-6(11)4-5/h2-9,14H,1H3;2-5,8H,1H3;1-4,11H. The number of rotatable bonds is 6. The van der Waals surface area contributed by atoms with Gasteiger partial charge in [0.1, 0.15) is 16.3 Å². The van der Waals surface area contributed by atoms with Crippen LogP contribution in [-0.2, 0) is 31.4 Å². The van der Waals surface area contributed by atoms with Crippen molar-refractivity contribution in [2.75, 3.05) is 14.2 Å². The molecule has 47 heavy (non-hydrogen) atoms. The van der Waals surface area contributed by atoms with Gasteiger partial charge >= 0.3 is 24.3 Å². The number of benzene rings is 4. The second kappa shape index (κ2) is 17.8. The Morgan fingerprint density at radius 1 is 0.681 bits per heavy atom. The van der Waals surface area contributed by atoms with Crippen LogP contribution in [0, 0.1) is 0 Å². The van der Waals surface area contributed by atoms with Gasteiger partial charge in [0.05, 0.1) is 25.3 Å². The molecule has 0 aliphatic carbocycles. The van der Waals surface area contributed by atoms with Crippen molar-refractivity contribution >= 4 is 51.1 Å². The number of hydrogen-bond donors (Lipinski definition) is 1. The summed E-state index contributed by atoms with van der Waals surface area (Å²) in [4.78, 5) is 22.6. The van der Waals surface area contributed by atoms with Crippen molar-refractivity contribution in [1.82, 2.24) is 0 Å². The maximum absolute atomic E-state index is 12.7. The molecule has 0 saturated carbocycles. The van der Waals surface area contributed by atoms with Crippen LogP contribution in [0.2, 0.25) is 10.0 Å². The Morgan fingerprint density at radius 2 is 1.13 bits per heavy atom. The van der Waals surface area contributed by atoms with Crippen molar-refractivity contribution in [2.45, 2.75) is 23.3 Å². The number of carbonyl (C=O) groups excluding carboxylic acids is 2. The average Bonchev–Trinajstić information content (AvgIpc) is 3.03. The molecule has 4 aromatic rings. The Morgan fingerprint density at radius 3 is 1.55 bits per heavy atom. The predicted octanol–water partition coefficient (Wildman–Crippen LogP) is 10.0. The molecule has 2 atom stereocenters. The third kappa shape index (κ3) is 13.0. The maximum Gasteiger partial charge on any atom is 0.416 e. The zero-order valence-electron chi connectivity index (χ0n) is 24.3. The monoisotopic (exact) mass is 768 g/mol. The van der Waals surface area contributed by atoms with E-state index in [1.807, 2.05) is 0 Å². The molecule has 252 valence electrons. The fraction of sp³-hybridized carbons (Fsp3) is 0.188. The van der Waals surface area contributed by atoms with Gasteiger partial charge in [0.15, 0.2) is 0 Å².